The molecule has 0 aliphatic heterocycles. The number of rotatable bonds is 7. The molecule has 0 aliphatic rings. The van der Waals surface area contributed by atoms with Crippen LogP contribution >= 0.6 is 11.6 Å². The van der Waals surface area contributed by atoms with Gasteiger partial charge in [0.15, 0.2) is 0 Å². The van der Waals surface area contributed by atoms with Gasteiger partial charge in [-0.15, -0.1) is 0 Å². The van der Waals surface area contributed by atoms with Gasteiger partial charge in [0.2, 0.25) is 0 Å². The van der Waals surface area contributed by atoms with Crippen LogP contribution in [0.5, 0.6) is 5.75 Å². The van der Waals surface area contributed by atoms with Crippen LogP contribution in [0.1, 0.15) is 26.7 Å². The zero-order valence-corrected chi connectivity index (χ0v) is 11.7. The van der Waals surface area contributed by atoms with Crippen molar-refractivity contribution >= 4 is 11.6 Å². The van der Waals surface area contributed by atoms with Crippen molar-refractivity contribution < 1.29 is 4.74 Å². The van der Waals surface area contributed by atoms with Gasteiger partial charge in [-0.05, 0) is 38.0 Å². The van der Waals surface area contributed by atoms with E-state index in [4.69, 9.17) is 22.2 Å². The molecule has 18 heavy (non-hydrogen) atoms. The monoisotopic (exact) mass is 268 g/mol. The van der Waals surface area contributed by atoms with E-state index in [1.807, 2.05) is 25.1 Å². The highest BCUT2D eigenvalue weighted by Crippen LogP contribution is 2.20. The average molecular weight is 269 g/mol. The molecule has 0 saturated carbocycles. The van der Waals surface area contributed by atoms with E-state index in [1.54, 1.807) is 6.07 Å². The molecule has 0 spiro atoms. The third-order valence-electron chi connectivity index (χ3n) is 2.91. The Morgan fingerprint density at radius 3 is 2.83 bits per heavy atom. The molecule has 3 N–H and O–H groups in total. The quantitative estimate of drug-likeness (QED) is 0.453. The molecule has 0 saturated heterocycles. The fourth-order valence-corrected chi connectivity index (χ4v) is 1.83. The van der Waals surface area contributed by atoms with Gasteiger partial charge in [-0.2, -0.15) is 0 Å². The second-order valence-corrected chi connectivity index (χ2v) is 4.80. The molecule has 100 valence electrons. The molecule has 0 bridgehead atoms. The smallest absolute Gasteiger partial charge is 0.121 e. The lowest BCUT2D eigenvalue weighted by atomic mass is 10.0. The Kier molecular flexibility index (Phi) is 6.19. The first kappa shape index (κ1) is 15.0. The second-order valence-electron chi connectivity index (χ2n) is 4.36. The summed E-state index contributed by atoms with van der Waals surface area (Å²) in [6.07, 6.45) is 1.69. The van der Waals surface area contributed by atoms with Crippen LogP contribution < -0.4 is 16.0 Å². The van der Waals surface area contributed by atoms with Gasteiger partial charge < -0.3 is 4.74 Å². The molecule has 4 heteroatoms. The highest BCUT2D eigenvalue weighted by atomic mass is 35.5. The topological polar surface area (TPSA) is 47.3 Å². The zero-order chi connectivity index (χ0) is 13.5. The molecule has 3 nitrogen and oxygen atoms in total. The largest absolute Gasteiger partial charge is 0.489 e. The Balaban J connectivity index is 2.61. The Hall–Kier alpha value is -1.03. The minimum atomic E-state index is -0.0585. The summed E-state index contributed by atoms with van der Waals surface area (Å²) >= 11 is 5.91. The molecule has 0 heterocycles. The number of nitrogens with two attached hydrogens (primary N) is 1. The molecule has 1 aromatic carbocycles. The number of hydrogen-bond acceptors (Lipinski definition) is 3. The predicted octanol–water partition coefficient (Wildman–Crippen LogP) is 3.30. The van der Waals surface area contributed by atoms with E-state index in [0.29, 0.717) is 5.02 Å². The molecule has 0 aliphatic carbocycles. The summed E-state index contributed by atoms with van der Waals surface area (Å²) in [7, 11) is 0. The summed E-state index contributed by atoms with van der Waals surface area (Å²) in [6, 6.07) is 7.39. The minimum absolute atomic E-state index is 0.0384. The molecule has 0 aromatic heterocycles. The van der Waals surface area contributed by atoms with E-state index in [9.17, 15) is 0 Å². The van der Waals surface area contributed by atoms with Gasteiger partial charge in [-0.3, -0.25) is 11.3 Å². The first-order chi connectivity index (χ1) is 8.56. The third-order valence-corrected chi connectivity index (χ3v) is 3.14. The van der Waals surface area contributed by atoms with Gasteiger partial charge in [0.25, 0.3) is 0 Å². The van der Waals surface area contributed by atoms with Gasteiger partial charge in [-0.1, -0.05) is 36.7 Å². The maximum atomic E-state index is 5.91. The van der Waals surface area contributed by atoms with Crippen molar-refractivity contribution in [1.29, 1.82) is 0 Å². The van der Waals surface area contributed by atoms with Crippen molar-refractivity contribution in [3.8, 4) is 5.75 Å². The van der Waals surface area contributed by atoms with E-state index in [1.165, 1.54) is 0 Å². The number of hydrogen-bond donors (Lipinski definition) is 2. The number of nitrogens with one attached hydrogen (secondary N) is 1. The second kappa shape index (κ2) is 7.41. The normalized spacial score (nSPS) is 14.0. The Morgan fingerprint density at radius 2 is 2.28 bits per heavy atom. The van der Waals surface area contributed by atoms with E-state index in [0.717, 1.165) is 24.2 Å². The number of hydrazine groups is 1. The first-order valence-corrected chi connectivity index (χ1v) is 6.49. The molecular weight excluding hydrogens is 248 g/mol. The summed E-state index contributed by atoms with van der Waals surface area (Å²) in [5, 5.41) is 0.662. The molecule has 2 atom stereocenters. The van der Waals surface area contributed by atoms with Crippen molar-refractivity contribution in [2.24, 2.45) is 5.84 Å². The summed E-state index contributed by atoms with van der Waals surface area (Å²) in [6.45, 7) is 8.05. The highest BCUT2D eigenvalue weighted by Gasteiger charge is 2.18. The SMILES string of the molecule is C=C(CC)CC(NN)C(C)Oc1cccc(Cl)c1. The van der Waals surface area contributed by atoms with E-state index < -0.39 is 0 Å². The summed E-state index contributed by atoms with van der Waals surface area (Å²) in [5.74, 6) is 6.31. The molecule has 1 aromatic rings. The van der Waals surface area contributed by atoms with Gasteiger partial charge >= 0.3 is 0 Å². The fraction of sp³-hybridized carbons (Fsp3) is 0.429. The van der Waals surface area contributed by atoms with Crippen LogP contribution in [0.2, 0.25) is 5.02 Å². The van der Waals surface area contributed by atoms with Crippen LogP contribution in [0.3, 0.4) is 0 Å². The van der Waals surface area contributed by atoms with Crippen LogP contribution in [0.4, 0.5) is 0 Å². The third kappa shape index (κ3) is 4.69. The van der Waals surface area contributed by atoms with Crippen LogP contribution in [0.25, 0.3) is 0 Å². The number of halogens is 1. The minimum Gasteiger partial charge on any atom is -0.489 e. The van der Waals surface area contributed by atoms with Crippen molar-refractivity contribution in [3.05, 3.63) is 41.4 Å². The van der Waals surface area contributed by atoms with E-state index >= 15 is 0 Å². The van der Waals surface area contributed by atoms with Crippen LogP contribution in [0, 0.1) is 0 Å². The van der Waals surface area contributed by atoms with E-state index in [2.05, 4.69) is 18.9 Å². The molecule has 0 radical (unpaired) electrons. The standard InChI is InChI=1S/C14H21ClN2O/c1-4-10(2)8-14(17-16)11(3)18-13-7-5-6-12(15)9-13/h5-7,9,11,14,17H,2,4,8,16H2,1,3H3. The predicted molar refractivity (Wildman–Crippen MR) is 76.7 cm³/mol. The highest BCUT2D eigenvalue weighted by molar-refractivity contribution is 6.30. The average Bonchev–Trinajstić information content (AvgIpc) is 2.35. The lowest BCUT2D eigenvalue weighted by Gasteiger charge is -2.25. The van der Waals surface area contributed by atoms with Gasteiger partial charge in [0, 0.05) is 5.02 Å². The maximum Gasteiger partial charge on any atom is 0.121 e. The lowest BCUT2D eigenvalue weighted by molar-refractivity contribution is 0.169. The molecule has 0 fully saturated rings. The molecule has 1 rings (SSSR count). The van der Waals surface area contributed by atoms with Crippen LogP contribution in [-0.4, -0.2) is 12.1 Å². The van der Waals surface area contributed by atoms with E-state index in [-0.39, 0.29) is 12.1 Å². The molecule has 2 unspecified atom stereocenters. The van der Waals surface area contributed by atoms with Crippen LogP contribution in [-0.2, 0) is 0 Å². The Bertz CT molecular complexity index is 395. The summed E-state index contributed by atoms with van der Waals surface area (Å²) in [5.41, 5.74) is 3.94. The Labute approximate surface area is 114 Å². The van der Waals surface area contributed by atoms with Crippen LogP contribution in [0.15, 0.2) is 36.4 Å². The number of ether oxygens (including phenoxy) is 1. The number of benzene rings is 1. The lowest BCUT2D eigenvalue weighted by Crippen LogP contribution is -2.45. The molecule has 0 amide bonds. The molecular formula is C14H21ClN2O. The van der Waals surface area contributed by atoms with Crippen molar-refractivity contribution in [2.75, 3.05) is 0 Å². The summed E-state index contributed by atoms with van der Waals surface area (Å²) in [4.78, 5) is 0. The van der Waals surface area contributed by atoms with Gasteiger partial charge in [0.1, 0.15) is 11.9 Å². The Morgan fingerprint density at radius 1 is 1.56 bits per heavy atom. The maximum absolute atomic E-state index is 5.91. The summed E-state index contributed by atoms with van der Waals surface area (Å²) < 4.78 is 5.83. The van der Waals surface area contributed by atoms with Crippen molar-refractivity contribution in [1.82, 2.24) is 5.43 Å². The van der Waals surface area contributed by atoms with Crippen molar-refractivity contribution in [2.45, 2.75) is 38.8 Å². The zero-order valence-electron chi connectivity index (χ0n) is 10.9. The van der Waals surface area contributed by atoms with Gasteiger partial charge in [0.05, 0.1) is 6.04 Å². The van der Waals surface area contributed by atoms with Gasteiger partial charge in [-0.25, -0.2) is 0 Å². The fourth-order valence-electron chi connectivity index (χ4n) is 1.65. The first-order valence-electron chi connectivity index (χ1n) is 6.11. The van der Waals surface area contributed by atoms with Crippen molar-refractivity contribution in [3.63, 3.8) is 0 Å².